The molecular formula is C14H17N5O. The van der Waals surface area contributed by atoms with Gasteiger partial charge >= 0.3 is 0 Å². The fourth-order valence-corrected chi connectivity index (χ4v) is 2.34. The molecule has 0 spiro atoms. The second kappa shape index (κ2) is 5.42. The van der Waals surface area contributed by atoms with Gasteiger partial charge in [-0.15, -0.1) is 0 Å². The van der Waals surface area contributed by atoms with Crippen LogP contribution in [0.4, 0.5) is 0 Å². The van der Waals surface area contributed by atoms with Gasteiger partial charge in [0.25, 0.3) is 0 Å². The molecule has 6 heteroatoms. The SMILES string of the molecule is Cc1ccncc1CNC(=O)C1Cc2nc[nH]c2CN1. The molecule has 3 heterocycles. The smallest absolute Gasteiger partial charge is 0.237 e. The summed E-state index contributed by atoms with van der Waals surface area (Å²) in [6, 6.07) is 1.72. The van der Waals surface area contributed by atoms with Crippen LogP contribution in [0.15, 0.2) is 24.8 Å². The van der Waals surface area contributed by atoms with Crippen molar-refractivity contribution in [3.63, 3.8) is 0 Å². The van der Waals surface area contributed by atoms with E-state index >= 15 is 0 Å². The van der Waals surface area contributed by atoms with E-state index in [9.17, 15) is 4.79 Å². The molecule has 1 unspecified atom stereocenters. The van der Waals surface area contributed by atoms with Gasteiger partial charge in [0.1, 0.15) is 0 Å². The Bertz CT molecular complexity index is 622. The maximum Gasteiger partial charge on any atom is 0.237 e. The molecule has 1 aliphatic heterocycles. The van der Waals surface area contributed by atoms with E-state index in [1.54, 1.807) is 18.7 Å². The molecule has 0 aromatic carbocycles. The number of carbonyl (C=O) groups is 1. The number of fused-ring (bicyclic) bond motifs is 1. The Morgan fingerprint density at radius 3 is 3.30 bits per heavy atom. The monoisotopic (exact) mass is 271 g/mol. The summed E-state index contributed by atoms with van der Waals surface area (Å²) in [6.07, 6.45) is 5.83. The Labute approximate surface area is 117 Å². The highest BCUT2D eigenvalue weighted by atomic mass is 16.2. The Balaban J connectivity index is 1.59. The molecule has 0 aliphatic carbocycles. The number of rotatable bonds is 3. The fraction of sp³-hybridized carbons (Fsp3) is 0.357. The largest absolute Gasteiger partial charge is 0.351 e. The first-order chi connectivity index (χ1) is 9.74. The van der Waals surface area contributed by atoms with E-state index in [2.05, 4.69) is 25.6 Å². The third kappa shape index (κ3) is 2.55. The molecule has 0 saturated heterocycles. The van der Waals surface area contributed by atoms with Gasteiger partial charge < -0.3 is 10.3 Å². The Hall–Kier alpha value is -2.21. The quantitative estimate of drug-likeness (QED) is 0.756. The van der Waals surface area contributed by atoms with Gasteiger partial charge in [0.05, 0.1) is 23.8 Å². The minimum Gasteiger partial charge on any atom is -0.351 e. The lowest BCUT2D eigenvalue weighted by Gasteiger charge is -2.22. The summed E-state index contributed by atoms with van der Waals surface area (Å²) in [4.78, 5) is 23.6. The second-order valence-electron chi connectivity index (χ2n) is 4.99. The van der Waals surface area contributed by atoms with E-state index in [1.165, 1.54) is 0 Å². The molecule has 3 N–H and O–H groups in total. The number of aromatic amines is 1. The average molecular weight is 271 g/mol. The van der Waals surface area contributed by atoms with E-state index in [1.807, 2.05) is 13.0 Å². The lowest BCUT2D eigenvalue weighted by molar-refractivity contribution is -0.123. The Morgan fingerprint density at radius 2 is 2.45 bits per heavy atom. The number of hydrogen-bond acceptors (Lipinski definition) is 4. The highest BCUT2D eigenvalue weighted by molar-refractivity contribution is 5.82. The zero-order valence-electron chi connectivity index (χ0n) is 11.3. The average Bonchev–Trinajstić information content (AvgIpc) is 2.93. The van der Waals surface area contributed by atoms with Crippen LogP contribution in [0.2, 0.25) is 0 Å². The number of aromatic nitrogens is 3. The number of nitrogens with zero attached hydrogens (tertiary/aromatic N) is 2. The van der Waals surface area contributed by atoms with Crippen LogP contribution in [-0.2, 0) is 24.3 Å². The number of carbonyl (C=O) groups excluding carboxylic acids is 1. The molecule has 0 fully saturated rings. The number of nitrogens with one attached hydrogen (secondary N) is 3. The maximum absolute atomic E-state index is 12.2. The molecule has 20 heavy (non-hydrogen) atoms. The van der Waals surface area contributed by atoms with Gasteiger partial charge in [-0.05, 0) is 24.1 Å². The van der Waals surface area contributed by atoms with Gasteiger partial charge in [0.15, 0.2) is 0 Å². The topological polar surface area (TPSA) is 82.7 Å². The van der Waals surface area contributed by atoms with Crippen molar-refractivity contribution in [3.05, 3.63) is 47.3 Å². The van der Waals surface area contributed by atoms with E-state index in [-0.39, 0.29) is 11.9 Å². The van der Waals surface area contributed by atoms with Gasteiger partial charge in [-0.25, -0.2) is 4.98 Å². The van der Waals surface area contributed by atoms with Gasteiger partial charge in [0, 0.05) is 31.9 Å². The van der Waals surface area contributed by atoms with Crippen LogP contribution >= 0.6 is 0 Å². The summed E-state index contributed by atoms with van der Waals surface area (Å²) in [7, 11) is 0. The first-order valence-electron chi connectivity index (χ1n) is 6.66. The minimum atomic E-state index is -0.220. The molecule has 1 amide bonds. The Morgan fingerprint density at radius 1 is 1.55 bits per heavy atom. The zero-order valence-corrected chi connectivity index (χ0v) is 11.3. The highest BCUT2D eigenvalue weighted by Gasteiger charge is 2.25. The van der Waals surface area contributed by atoms with Crippen LogP contribution in [0, 0.1) is 6.92 Å². The standard InChI is InChI=1S/C14H17N5O/c1-9-2-3-15-5-10(9)6-17-14(20)12-4-11-13(7-16-12)19-8-18-11/h2-3,5,8,12,16H,4,6-7H2,1H3,(H,17,20)(H,18,19). The molecule has 2 aromatic rings. The van der Waals surface area contributed by atoms with Crippen molar-refractivity contribution < 1.29 is 4.79 Å². The molecule has 0 radical (unpaired) electrons. The number of aryl methyl sites for hydroxylation is 1. The lowest BCUT2D eigenvalue weighted by Crippen LogP contribution is -2.47. The fourth-order valence-electron chi connectivity index (χ4n) is 2.34. The summed E-state index contributed by atoms with van der Waals surface area (Å²) in [6.45, 7) is 3.17. The highest BCUT2D eigenvalue weighted by Crippen LogP contribution is 2.12. The molecule has 0 bridgehead atoms. The third-order valence-corrected chi connectivity index (χ3v) is 3.65. The predicted octanol–water partition coefficient (Wildman–Crippen LogP) is 0.444. The number of amides is 1. The predicted molar refractivity (Wildman–Crippen MR) is 73.7 cm³/mol. The van der Waals surface area contributed by atoms with Crippen LogP contribution < -0.4 is 10.6 Å². The minimum absolute atomic E-state index is 0.00176. The van der Waals surface area contributed by atoms with Crippen molar-refractivity contribution in [1.82, 2.24) is 25.6 Å². The number of imidazole rings is 1. The van der Waals surface area contributed by atoms with Crippen LogP contribution in [0.25, 0.3) is 0 Å². The second-order valence-corrected chi connectivity index (χ2v) is 4.99. The summed E-state index contributed by atoms with van der Waals surface area (Å²) in [5.41, 5.74) is 4.21. The summed E-state index contributed by atoms with van der Waals surface area (Å²) >= 11 is 0. The number of H-pyrrole nitrogens is 1. The third-order valence-electron chi connectivity index (χ3n) is 3.65. The molecule has 0 saturated carbocycles. The van der Waals surface area contributed by atoms with E-state index in [0.717, 1.165) is 22.5 Å². The molecule has 104 valence electrons. The van der Waals surface area contributed by atoms with Gasteiger partial charge in [-0.2, -0.15) is 0 Å². The normalized spacial score (nSPS) is 17.6. The Kier molecular flexibility index (Phi) is 3.47. The van der Waals surface area contributed by atoms with E-state index < -0.39 is 0 Å². The molecule has 6 nitrogen and oxygen atoms in total. The van der Waals surface area contributed by atoms with Crippen LogP contribution in [0.5, 0.6) is 0 Å². The van der Waals surface area contributed by atoms with E-state index in [0.29, 0.717) is 19.5 Å². The molecule has 3 rings (SSSR count). The maximum atomic E-state index is 12.2. The van der Waals surface area contributed by atoms with Crippen LogP contribution in [0.1, 0.15) is 22.5 Å². The van der Waals surface area contributed by atoms with Crippen molar-refractivity contribution >= 4 is 5.91 Å². The van der Waals surface area contributed by atoms with Crippen molar-refractivity contribution in [2.24, 2.45) is 0 Å². The summed E-state index contributed by atoms with van der Waals surface area (Å²) in [5, 5.41) is 6.17. The van der Waals surface area contributed by atoms with Crippen molar-refractivity contribution in [1.29, 1.82) is 0 Å². The molecule has 1 aliphatic rings. The van der Waals surface area contributed by atoms with Crippen molar-refractivity contribution in [3.8, 4) is 0 Å². The van der Waals surface area contributed by atoms with Gasteiger partial charge in [-0.1, -0.05) is 0 Å². The summed E-state index contributed by atoms with van der Waals surface area (Å²) < 4.78 is 0. The van der Waals surface area contributed by atoms with Crippen molar-refractivity contribution in [2.75, 3.05) is 0 Å². The van der Waals surface area contributed by atoms with Crippen LogP contribution in [-0.4, -0.2) is 26.9 Å². The zero-order chi connectivity index (χ0) is 13.9. The van der Waals surface area contributed by atoms with Crippen molar-refractivity contribution in [2.45, 2.75) is 32.5 Å². The van der Waals surface area contributed by atoms with Gasteiger partial charge in [0.2, 0.25) is 5.91 Å². The first kappa shape index (κ1) is 12.8. The van der Waals surface area contributed by atoms with Crippen LogP contribution in [0.3, 0.4) is 0 Å². The molecule has 1 atom stereocenters. The molecular weight excluding hydrogens is 254 g/mol. The molecule has 2 aromatic heterocycles. The summed E-state index contributed by atoms with van der Waals surface area (Å²) in [5.74, 6) is 0.00176. The first-order valence-corrected chi connectivity index (χ1v) is 6.66. The van der Waals surface area contributed by atoms with Gasteiger partial charge in [-0.3, -0.25) is 15.1 Å². The number of pyridine rings is 1. The number of hydrogen-bond donors (Lipinski definition) is 3. The van der Waals surface area contributed by atoms with E-state index in [4.69, 9.17) is 0 Å². The lowest BCUT2D eigenvalue weighted by atomic mass is 10.0.